The van der Waals surface area contributed by atoms with Crippen LogP contribution in [0, 0.1) is 0 Å². The van der Waals surface area contributed by atoms with Gasteiger partial charge in [0.25, 0.3) is 0 Å². The fourth-order valence-corrected chi connectivity index (χ4v) is 2.58. The lowest BCUT2D eigenvalue weighted by Crippen LogP contribution is -2.20. The Morgan fingerprint density at radius 1 is 1.26 bits per heavy atom. The van der Waals surface area contributed by atoms with E-state index in [1.165, 1.54) is 6.42 Å². The van der Waals surface area contributed by atoms with Gasteiger partial charge < -0.3 is 9.84 Å². The number of ether oxygens (including phenoxy) is 1. The van der Waals surface area contributed by atoms with Crippen molar-refractivity contribution in [3.05, 3.63) is 42.1 Å². The first-order valence-electron chi connectivity index (χ1n) is 6.74. The summed E-state index contributed by atoms with van der Waals surface area (Å²) in [5, 5.41) is 13.9. The molecule has 1 aliphatic rings. The molecular weight excluding hydrogens is 240 g/mol. The summed E-state index contributed by atoms with van der Waals surface area (Å²) in [6, 6.07) is 9.85. The van der Waals surface area contributed by atoms with Gasteiger partial charge in [0.05, 0.1) is 12.3 Å². The summed E-state index contributed by atoms with van der Waals surface area (Å²) in [7, 11) is 0. The molecule has 1 fully saturated rings. The van der Waals surface area contributed by atoms with Gasteiger partial charge in [0.15, 0.2) is 6.23 Å². The number of aliphatic hydroxyl groups is 1. The molecule has 1 aromatic carbocycles. The van der Waals surface area contributed by atoms with Gasteiger partial charge in [-0.1, -0.05) is 24.3 Å². The lowest BCUT2D eigenvalue weighted by atomic mass is 10.0. The van der Waals surface area contributed by atoms with Gasteiger partial charge in [-0.2, -0.15) is 5.10 Å². The summed E-state index contributed by atoms with van der Waals surface area (Å²) in [6.07, 6.45) is 5.11. The van der Waals surface area contributed by atoms with Crippen LogP contribution in [0.25, 0.3) is 11.3 Å². The second-order valence-corrected chi connectivity index (χ2v) is 4.80. The molecular formula is C15H18N2O2. The third-order valence-corrected chi connectivity index (χ3v) is 3.56. The number of hydrogen-bond acceptors (Lipinski definition) is 3. The van der Waals surface area contributed by atoms with E-state index in [0.717, 1.165) is 36.3 Å². The molecule has 0 bridgehead atoms. The molecule has 0 radical (unpaired) electrons. The Bertz CT molecular complexity index is 545. The number of benzene rings is 1. The molecule has 3 rings (SSSR count). The number of hydrogen-bond donors (Lipinski definition) is 1. The van der Waals surface area contributed by atoms with E-state index in [9.17, 15) is 5.11 Å². The van der Waals surface area contributed by atoms with Gasteiger partial charge >= 0.3 is 0 Å². The third-order valence-electron chi connectivity index (χ3n) is 3.56. The average Bonchev–Trinajstić information content (AvgIpc) is 2.97. The lowest BCUT2D eigenvalue weighted by Gasteiger charge is -2.25. The molecule has 0 spiro atoms. The Kier molecular flexibility index (Phi) is 3.62. The van der Waals surface area contributed by atoms with Crippen molar-refractivity contribution in [3.8, 4) is 11.3 Å². The molecule has 1 N–H and O–H groups in total. The fraction of sp³-hybridized carbons (Fsp3) is 0.400. The molecule has 2 aromatic rings. The second kappa shape index (κ2) is 5.55. The SMILES string of the molecule is OCc1ccccc1-c1ccnn1C1CCCCO1. The van der Waals surface area contributed by atoms with E-state index in [1.54, 1.807) is 6.20 Å². The maximum absolute atomic E-state index is 9.46. The zero-order chi connectivity index (χ0) is 13.1. The molecule has 4 heteroatoms. The predicted octanol–water partition coefficient (Wildman–Crippen LogP) is 2.74. The molecule has 19 heavy (non-hydrogen) atoms. The first-order valence-corrected chi connectivity index (χ1v) is 6.74. The van der Waals surface area contributed by atoms with E-state index in [0.29, 0.717) is 0 Å². The first-order chi connectivity index (χ1) is 9.40. The zero-order valence-corrected chi connectivity index (χ0v) is 10.8. The van der Waals surface area contributed by atoms with Crippen molar-refractivity contribution < 1.29 is 9.84 Å². The topological polar surface area (TPSA) is 47.3 Å². The molecule has 1 aromatic heterocycles. The van der Waals surface area contributed by atoms with Crippen molar-refractivity contribution in [1.82, 2.24) is 9.78 Å². The van der Waals surface area contributed by atoms with Crippen molar-refractivity contribution in [1.29, 1.82) is 0 Å². The van der Waals surface area contributed by atoms with E-state index < -0.39 is 0 Å². The molecule has 0 saturated carbocycles. The Hall–Kier alpha value is -1.65. The van der Waals surface area contributed by atoms with Gasteiger partial charge in [0.2, 0.25) is 0 Å². The summed E-state index contributed by atoms with van der Waals surface area (Å²) < 4.78 is 7.73. The summed E-state index contributed by atoms with van der Waals surface area (Å²) in [4.78, 5) is 0. The maximum atomic E-state index is 9.46. The molecule has 1 atom stereocenters. The molecule has 100 valence electrons. The highest BCUT2D eigenvalue weighted by Gasteiger charge is 2.20. The van der Waals surface area contributed by atoms with Crippen LogP contribution in [0.4, 0.5) is 0 Å². The van der Waals surface area contributed by atoms with Gasteiger partial charge in [0.1, 0.15) is 0 Å². The molecule has 0 amide bonds. The van der Waals surface area contributed by atoms with E-state index >= 15 is 0 Å². The number of nitrogens with zero attached hydrogens (tertiary/aromatic N) is 2. The van der Waals surface area contributed by atoms with Crippen LogP contribution in [0.2, 0.25) is 0 Å². The molecule has 1 saturated heterocycles. The highest BCUT2D eigenvalue weighted by molar-refractivity contribution is 5.63. The smallest absolute Gasteiger partial charge is 0.150 e. The van der Waals surface area contributed by atoms with Gasteiger partial charge in [-0.25, -0.2) is 4.68 Å². The van der Waals surface area contributed by atoms with Crippen LogP contribution < -0.4 is 0 Å². The van der Waals surface area contributed by atoms with Crippen LogP contribution in [0.5, 0.6) is 0 Å². The minimum atomic E-state index is 0.0190. The zero-order valence-electron chi connectivity index (χ0n) is 10.8. The fourth-order valence-electron chi connectivity index (χ4n) is 2.58. The summed E-state index contributed by atoms with van der Waals surface area (Å²) in [5.74, 6) is 0. The van der Waals surface area contributed by atoms with Crippen LogP contribution in [0.3, 0.4) is 0 Å². The number of rotatable bonds is 3. The average molecular weight is 258 g/mol. The second-order valence-electron chi connectivity index (χ2n) is 4.80. The van der Waals surface area contributed by atoms with E-state index in [2.05, 4.69) is 5.10 Å². The number of aliphatic hydroxyl groups excluding tert-OH is 1. The Labute approximate surface area is 112 Å². The predicted molar refractivity (Wildman–Crippen MR) is 72.4 cm³/mol. The molecule has 4 nitrogen and oxygen atoms in total. The van der Waals surface area contributed by atoms with E-state index in [-0.39, 0.29) is 12.8 Å². The quantitative estimate of drug-likeness (QED) is 0.920. The van der Waals surface area contributed by atoms with Gasteiger partial charge in [-0.3, -0.25) is 0 Å². The summed E-state index contributed by atoms with van der Waals surface area (Å²) in [6.45, 7) is 0.832. The Morgan fingerprint density at radius 3 is 2.95 bits per heavy atom. The molecule has 1 aliphatic heterocycles. The first kappa shape index (κ1) is 12.4. The largest absolute Gasteiger partial charge is 0.392 e. The van der Waals surface area contributed by atoms with Gasteiger partial charge in [0, 0.05) is 18.4 Å². The Morgan fingerprint density at radius 2 is 2.16 bits per heavy atom. The van der Waals surface area contributed by atoms with E-state index in [4.69, 9.17) is 4.74 Å². The summed E-state index contributed by atoms with van der Waals surface area (Å²) in [5.41, 5.74) is 2.95. The van der Waals surface area contributed by atoms with E-state index in [1.807, 2.05) is 35.0 Å². The van der Waals surface area contributed by atoms with Crippen LogP contribution in [-0.2, 0) is 11.3 Å². The normalized spacial score (nSPS) is 19.5. The van der Waals surface area contributed by atoms with Crippen LogP contribution in [0.1, 0.15) is 31.1 Å². The van der Waals surface area contributed by atoms with Crippen LogP contribution in [0.15, 0.2) is 36.5 Å². The van der Waals surface area contributed by atoms with Gasteiger partial charge in [-0.05, 0) is 30.9 Å². The minimum Gasteiger partial charge on any atom is -0.392 e. The van der Waals surface area contributed by atoms with Crippen molar-refractivity contribution in [2.75, 3.05) is 6.61 Å². The molecule has 2 heterocycles. The van der Waals surface area contributed by atoms with Crippen molar-refractivity contribution >= 4 is 0 Å². The van der Waals surface area contributed by atoms with Crippen molar-refractivity contribution in [2.45, 2.75) is 32.1 Å². The highest BCUT2D eigenvalue weighted by Crippen LogP contribution is 2.29. The molecule has 0 aliphatic carbocycles. The maximum Gasteiger partial charge on any atom is 0.150 e. The standard InChI is InChI=1S/C15H18N2O2/c18-11-12-5-1-2-6-13(12)14-8-9-16-17(14)15-7-3-4-10-19-15/h1-2,5-6,8-9,15,18H,3-4,7,10-11H2. The summed E-state index contributed by atoms with van der Waals surface area (Å²) >= 11 is 0. The third kappa shape index (κ3) is 2.41. The Balaban J connectivity index is 1.99. The van der Waals surface area contributed by atoms with Crippen molar-refractivity contribution in [3.63, 3.8) is 0 Å². The highest BCUT2D eigenvalue weighted by atomic mass is 16.5. The van der Waals surface area contributed by atoms with Crippen LogP contribution >= 0.6 is 0 Å². The molecule has 1 unspecified atom stereocenters. The van der Waals surface area contributed by atoms with Crippen molar-refractivity contribution in [2.24, 2.45) is 0 Å². The lowest BCUT2D eigenvalue weighted by molar-refractivity contribution is -0.0383. The number of aromatic nitrogens is 2. The van der Waals surface area contributed by atoms with Crippen LogP contribution in [-0.4, -0.2) is 21.5 Å². The minimum absolute atomic E-state index is 0.0190. The monoisotopic (exact) mass is 258 g/mol. The van der Waals surface area contributed by atoms with Gasteiger partial charge in [-0.15, -0.1) is 0 Å².